The number of aliphatic hydroxyl groups is 1. The fourth-order valence-electron chi connectivity index (χ4n) is 2.85. The van der Waals surface area contributed by atoms with Gasteiger partial charge in [-0.3, -0.25) is 0 Å². The summed E-state index contributed by atoms with van der Waals surface area (Å²) in [7, 11) is 1.58. The van der Waals surface area contributed by atoms with E-state index in [1.54, 1.807) is 25.9 Å². The molecule has 5 nitrogen and oxygen atoms in total. The zero-order chi connectivity index (χ0) is 15.6. The molecule has 1 fully saturated rings. The molecule has 1 unspecified atom stereocenters. The number of ether oxygens (including phenoxy) is 1. The molecule has 0 saturated carbocycles. The SMILES string of the molecule is COc1ccc(C)cc1NC(=O)N1CCCC1C(C)(C)O. The van der Waals surface area contributed by atoms with Gasteiger partial charge in [0, 0.05) is 6.54 Å². The molecular weight excluding hydrogens is 268 g/mol. The summed E-state index contributed by atoms with van der Waals surface area (Å²) in [5.41, 5.74) is 0.806. The number of carbonyl (C=O) groups excluding carboxylic acids is 1. The van der Waals surface area contributed by atoms with Gasteiger partial charge >= 0.3 is 6.03 Å². The molecule has 1 atom stereocenters. The maximum absolute atomic E-state index is 12.5. The summed E-state index contributed by atoms with van der Waals surface area (Å²) in [6, 6.07) is 5.30. The van der Waals surface area contributed by atoms with Crippen LogP contribution in [-0.2, 0) is 0 Å². The van der Waals surface area contributed by atoms with Gasteiger partial charge in [-0.25, -0.2) is 4.79 Å². The number of hydrogen-bond donors (Lipinski definition) is 2. The van der Waals surface area contributed by atoms with Gasteiger partial charge in [0.05, 0.1) is 24.4 Å². The van der Waals surface area contributed by atoms with Gasteiger partial charge in [-0.1, -0.05) is 6.07 Å². The average molecular weight is 292 g/mol. The predicted molar refractivity (Wildman–Crippen MR) is 82.8 cm³/mol. The number of methoxy groups -OCH3 is 1. The number of benzene rings is 1. The van der Waals surface area contributed by atoms with Crippen molar-refractivity contribution >= 4 is 11.7 Å². The Morgan fingerprint density at radius 1 is 1.48 bits per heavy atom. The number of nitrogens with zero attached hydrogens (tertiary/aromatic N) is 1. The highest BCUT2D eigenvalue weighted by molar-refractivity contribution is 5.91. The lowest BCUT2D eigenvalue weighted by atomic mass is 9.97. The van der Waals surface area contributed by atoms with Crippen molar-refractivity contribution in [2.24, 2.45) is 0 Å². The van der Waals surface area contributed by atoms with Gasteiger partial charge in [0.25, 0.3) is 0 Å². The Morgan fingerprint density at radius 3 is 2.81 bits per heavy atom. The van der Waals surface area contributed by atoms with Crippen molar-refractivity contribution in [2.75, 3.05) is 19.0 Å². The number of rotatable bonds is 3. The van der Waals surface area contributed by atoms with Gasteiger partial charge in [-0.2, -0.15) is 0 Å². The summed E-state index contributed by atoms with van der Waals surface area (Å²) >= 11 is 0. The second-order valence-corrected chi connectivity index (χ2v) is 6.14. The van der Waals surface area contributed by atoms with Crippen molar-refractivity contribution in [3.63, 3.8) is 0 Å². The van der Waals surface area contributed by atoms with Gasteiger partial charge in [0.15, 0.2) is 0 Å². The zero-order valence-electron chi connectivity index (χ0n) is 13.1. The van der Waals surface area contributed by atoms with Gasteiger partial charge in [-0.05, 0) is 51.3 Å². The van der Waals surface area contributed by atoms with Crippen molar-refractivity contribution in [2.45, 2.75) is 45.3 Å². The van der Waals surface area contributed by atoms with E-state index in [1.165, 1.54) is 0 Å². The number of carbonyl (C=O) groups is 1. The number of anilines is 1. The van der Waals surface area contributed by atoms with E-state index in [1.807, 2.05) is 25.1 Å². The fourth-order valence-corrected chi connectivity index (χ4v) is 2.85. The molecule has 116 valence electrons. The van der Waals surface area contributed by atoms with Crippen LogP contribution in [0.2, 0.25) is 0 Å². The molecule has 1 saturated heterocycles. The molecule has 1 aliphatic heterocycles. The van der Waals surface area contributed by atoms with E-state index in [4.69, 9.17) is 4.74 Å². The lowest BCUT2D eigenvalue weighted by molar-refractivity contribution is 0.0117. The Morgan fingerprint density at radius 2 is 2.19 bits per heavy atom. The van der Waals surface area contributed by atoms with E-state index in [0.717, 1.165) is 18.4 Å². The Kier molecular flexibility index (Phi) is 4.42. The van der Waals surface area contributed by atoms with Gasteiger partial charge in [-0.15, -0.1) is 0 Å². The maximum Gasteiger partial charge on any atom is 0.322 e. The molecule has 0 aromatic heterocycles. The third kappa shape index (κ3) is 3.47. The standard InChI is InChI=1S/C16H24N2O3/c1-11-7-8-13(21-4)12(10-11)17-15(19)18-9-5-6-14(18)16(2,3)20/h7-8,10,14,20H,5-6,9H2,1-4H3,(H,17,19). The van der Waals surface area contributed by atoms with Crippen LogP contribution in [-0.4, -0.2) is 41.3 Å². The van der Waals surface area contributed by atoms with E-state index in [0.29, 0.717) is 18.0 Å². The highest BCUT2D eigenvalue weighted by Gasteiger charge is 2.38. The number of urea groups is 1. The topological polar surface area (TPSA) is 61.8 Å². The third-order valence-corrected chi connectivity index (χ3v) is 3.93. The molecule has 0 spiro atoms. The monoisotopic (exact) mass is 292 g/mol. The maximum atomic E-state index is 12.5. The number of hydrogen-bond acceptors (Lipinski definition) is 3. The van der Waals surface area contributed by atoms with Crippen LogP contribution in [0.1, 0.15) is 32.3 Å². The van der Waals surface area contributed by atoms with Crippen LogP contribution >= 0.6 is 0 Å². The van der Waals surface area contributed by atoms with Crippen LogP contribution < -0.4 is 10.1 Å². The molecule has 5 heteroatoms. The molecule has 1 aromatic rings. The number of likely N-dealkylation sites (tertiary alicyclic amines) is 1. The highest BCUT2D eigenvalue weighted by Crippen LogP contribution is 2.29. The van der Waals surface area contributed by atoms with Gasteiger partial charge in [0.1, 0.15) is 5.75 Å². The highest BCUT2D eigenvalue weighted by atomic mass is 16.5. The summed E-state index contributed by atoms with van der Waals surface area (Å²) < 4.78 is 5.28. The summed E-state index contributed by atoms with van der Waals surface area (Å²) in [5.74, 6) is 0.632. The fraction of sp³-hybridized carbons (Fsp3) is 0.562. The molecule has 1 heterocycles. The molecule has 0 aliphatic carbocycles. The predicted octanol–water partition coefficient (Wildman–Crippen LogP) is 2.77. The minimum absolute atomic E-state index is 0.159. The quantitative estimate of drug-likeness (QED) is 0.900. The Bertz CT molecular complexity index is 523. The van der Waals surface area contributed by atoms with Crippen molar-refractivity contribution in [3.05, 3.63) is 23.8 Å². The number of amides is 2. The first-order valence-electron chi connectivity index (χ1n) is 7.27. The summed E-state index contributed by atoms with van der Waals surface area (Å²) in [6.07, 6.45) is 1.73. The van der Waals surface area contributed by atoms with Crippen LogP contribution in [0.25, 0.3) is 0 Å². The first-order valence-corrected chi connectivity index (χ1v) is 7.27. The third-order valence-electron chi connectivity index (χ3n) is 3.93. The van der Waals surface area contributed by atoms with Crippen LogP contribution in [0.5, 0.6) is 5.75 Å². The van der Waals surface area contributed by atoms with E-state index < -0.39 is 5.60 Å². The molecule has 21 heavy (non-hydrogen) atoms. The minimum atomic E-state index is -0.898. The van der Waals surface area contributed by atoms with Crippen molar-refractivity contribution in [3.8, 4) is 5.75 Å². The molecule has 2 rings (SSSR count). The van der Waals surface area contributed by atoms with E-state index in [2.05, 4.69) is 5.32 Å². The Labute approximate surface area is 125 Å². The smallest absolute Gasteiger partial charge is 0.322 e. The first kappa shape index (κ1) is 15.6. The summed E-state index contributed by atoms with van der Waals surface area (Å²) in [4.78, 5) is 14.2. The van der Waals surface area contributed by atoms with Gasteiger partial charge < -0.3 is 20.1 Å². The Hall–Kier alpha value is -1.75. The summed E-state index contributed by atoms with van der Waals surface area (Å²) in [5, 5.41) is 13.1. The van der Waals surface area contributed by atoms with Crippen molar-refractivity contribution in [1.82, 2.24) is 4.90 Å². The van der Waals surface area contributed by atoms with Crippen LogP contribution in [0.4, 0.5) is 10.5 Å². The molecule has 2 N–H and O–H groups in total. The molecule has 0 radical (unpaired) electrons. The zero-order valence-corrected chi connectivity index (χ0v) is 13.1. The number of nitrogens with one attached hydrogen (secondary N) is 1. The first-order chi connectivity index (χ1) is 9.82. The minimum Gasteiger partial charge on any atom is -0.495 e. The Balaban J connectivity index is 2.16. The lowest BCUT2D eigenvalue weighted by Crippen LogP contribution is -2.49. The second-order valence-electron chi connectivity index (χ2n) is 6.14. The second kappa shape index (κ2) is 5.93. The van der Waals surface area contributed by atoms with Crippen LogP contribution in [0.3, 0.4) is 0 Å². The van der Waals surface area contributed by atoms with Crippen LogP contribution in [0, 0.1) is 6.92 Å². The molecule has 2 amide bonds. The number of aryl methyl sites for hydroxylation is 1. The van der Waals surface area contributed by atoms with E-state index in [9.17, 15) is 9.90 Å². The molecular formula is C16H24N2O3. The molecule has 1 aromatic carbocycles. The normalized spacial score (nSPS) is 18.7. The average Bonchev–Trinajstić information content (AvgIpc) is 2.88. The lowest BCUT2D eigenvalue weighted by Gasteiger charge is -2.33. The van der Waals surface area contributed by atoms with E-state index >= 15 is 0 Å². The van der Waals surface area contributed by atoms with Gasteiger partial charge in [0.2, 0.25) is 0 Å². The largest absolute Gasteiger partial charge is 0.495 e. The van der Waals surface area contributed by atoms with E-state index in [-0.39, 0.29) is 12.1 Å². The van der Waals surface area contributed by atoms with Crippen molar-refractivity contribution < 1.29 is 14.6 Å². The molecule has 1 aliphatic rings. The molecule has 0 bridgehead atoms. The van der Waals surface area contributed by atoms with Crippen LogP contribution in [0.15, 0.2) is 18.2 Å². The summed E-state index contributed by atoms with van der Waals surface area (Å²) in [6.45, 7) is 6.12. The van der Waals surface area contributed by atoms with Crippen molar-refractivity contribution in [1.29, 1.82) is 0 Å².